The van der Waals surface area contributed by atoms with Crippen molar-refractivity contribution in [1.29, 1.82) is 0 Å². The molecular formula is C23H31NO4. The Bertz CT molecular complexity index is 756. The molecule has 2 aromatic rings. The van der Waals surface area contributed by atoms with Gasteiger partial charge in [-0.15, -0.1) is 0 Å². The van der Waals surface area contributed by atoms with Crippen molar-refractivity contribution in [2.24, 2.45) is 5.92 Å². The topological polar surface area (TPSA) is 56.8 Å². The van der Waals surface area contributed by atoms with Crippen molar-refractivity contribution in [2.45, 2.75) is 32.6 Å². The predicted octanol–water partition coefficient (Wildman–Crippen LogP) is 4.20. The van der Waals surface area contributed by atoms with E-state index in [4.69, 9.17) is 14.2 Å². The van der Waals surface area contributed by atoms with Crippen LogP contribution in [0.2, 0.25) is 0 Å². The van der Waals surface area contributed by atoms with E-state index in [0.29, 0.717) is 18.0 Å². The van der Waals surface area contributed by atoms with Gasteiger partial charge in [0.05, 0.1) is 27.2 Å². The Labute approximate surface area is 168 Å². The van der Waals surface area contributed by atoms with Crippen LogP contribution in [-0.2, 0) is 11.2 Å². The molecule has 1 amide bonds. The van der Waals surface area contributed by atoms with Crippen LogP contribution in [0.1, 0.15) is 37.3 Å². The SMILES string of the molecule is COc1ccc(CCCNC(=O)C(c2ccc(OC)c(OC)c2)C(C)C)cc1. The zero-order valence-corrected chi connectivity index (χ0v) is 17.5. The molecule has 0 radical (unpaired) electrons. The predicted molar refractivity (Wildman–Crippen MR) is 111 cm³/mol. The van der Waals surface area contributed by atoms with Gasteiger partial charge >= 0.3 is 0 Å². The molecule has 0 heterocycles. The number of carbonyl (C=O) groups is 1. The molecule has 0 bridgehead atoms. The molecule has 5 nitrogen and oxygen atoms in total. The number of carbonyl (C=O) groups excluding carboxylic acids is 1. The van der Waals surface area contributed by atoms with Crippen LogP contribution in [0.4, 0.5) is 0 Å². The minimum atomic E-state index is -0.235. The second-order valence-corrected chi connectivity index (χ2v) is 7.08. The van der Waals surface area contributed by atoms with Gasteiger partial charge < -0.3 is 19.5 Å². The van der Waals surface area contributed by atoms with E-state index in [9.17, 15) is 4.79 Å². The number of rotatable bonds is 10. The van der Waals surface area contributed by atoms with Gasteiger partial charge in [0.2, 0.25) is 5.91 Å². The van der Waals surface area contributed by atoms with Gasteiger partial charge in [0, 0.05) is 6.54 Å². The van der Waals surface area contributed by atoms with E-state index in [1.807, 2.05) is 30.3 Å². The quantitative estimate of drug-likeness (QED) is 0.623. The maximum absolute atomic E-state index is 12.8. The second-order valence-electron chi connectivity index (χ2n) is 7.08. The molecule has 0 saturated heterocycles. The number of methoxy groups -OCH3 is 3. The smallest absolute Gasteiger partial charge is 0.227 e. The van der Waals surface area contributed by atoms with Crippen molar-refractivity contribution < 1.29 is 19.0 Å². The number of amides is 1. The molecular weight excluding hydrogens is 354 g/mol. The Morgan fingerprint density at radius 1 is 0.929 bits per heavy atom. The van der Waals surface area contributed by atoms with Crippen molar-refractivity contribution >= 4 is 5.91 Å². The third-order valence-electron chi connectivity index (χ3n) is 4.82. The lowest BCUT2D eigenvalue weighted by Gasteiger charge is -2.22. The summed E-state index contributed by atoms with van der Waals surface area (Å²) >= 11 is 0. The van der Waals surface area contributed by atoms with E-state index in [1.54, 1.807) is 21.3 Å². The Morgan fingerprint density at radius 2 is 1.61 bits per heavy atom. The highest BCUT2D eigenvalue weighted by atomic mass is 16.5. The molecule has 5 heteroatoms. The molecule has 2 aromatic carbocycles. The summed E-state index contributed by atoms with van der Waals surface area (Å²) in [4.78, 5) is 12.8. The summed E-state index contributed by atoms with van der Waals surface area (Å²) in [6, 6.07) is 13.7. The minimum Gasteiger partial charge on any atom is -0.497 e. The van der Waals surface area contributed by atoms with Gasteiger partial charge in [0.15, 0.2) is 11.5 Å². The van der Waals surface area contributed by atoms with Crippen LogP contribution in [0.3, 0.4) is 0 Å². The number of aryl methyl sites for hydroxylation is 1. The van der Waals surface area contributed by atoms with Crippen molar-refractivity contribution in [3.63, 3.8) is 0 Å². The van der Waals surface area contributed by atoms with Crippen LogP contribution in [0.25, 0.3) is 0 Å². The van der Waals surface area contributed by atoms with E-state index in [2.05, 4.69) is 31.3 Å². The number of hydrogen-bond acceptors (Lipinski definition) is 4. The van der Waals surface area contributed by atoms with Gasteiger partial charge in [-0.1, -0.05) is 32.0 Å². The van der Waals surface area contributed by atoms with Gasteiger partial charge in [0.1, 0.15) is 5.75 Å². The maximum atomic E-state index is 12.8. The molecule has 0 saturated carbocycles. The van der Waals surface area contributed by atoms with Crippen LogP contribution in [-0.4, -0.2) is 33.8 Å². The van der Waals surface area contributed by atoms with Crippen LogP contribution >= 0.6 is 0 Å². The van der Waals surface area contributed by atoms with E-state index < -0.39 is 0 Å². The summed E-state index contributed by atoms with van der Waals surface area (Å²) in [7, 11) is 4.87. The first kappa shape index (κ1) is 21.6. The van der Waals surface area contributed by atoms with Crippen LogP contribution in [0, 0.1) is 5.92 Å². The summed E-state index contributed by atoms with van der Waals surface area (Å²) in [5.74, 6) is 2.12. The number of ether oxygens (including phenoxy) is 3. The zero-order chi connectivity index (χ0) is 20.5. The molecule has 0 spiro atoms. The Morgan fingerprint density at radius 3 is 2.18 bits per heavy atom. The van der Waals surface area contributed by atoms with E-state index in [1.165, 1.54) is 5.56 Å². The van der Waals surface area contributed by atoms with E-state index >= 15 is 0 Å². The van der Waals surface area contributed by atoms with Gasteiger partial charge in [-0.2, -0.15) is 0 Å². The van der Waals surface area contributed by atoms with Crippen molar-refractivity contribution in [1.82, 2.24) is 5.32 Å². The van der Waals surface area contributed by atoms with Crippen molar-refractivity contribution in [3.8, 4) is 17.2 Å². The van der Waals surface area contributed by atoms with Crippen molar-refractivity contribution in [2.75, 3.05) is 27.9 Å². The third kappa shape index (κ3) is 5.65. The maximum Gasteiger partial charge on any atom is 0.227 e. The van der Waals surface area contributed by atoms with Crippen LogP contribution < -0.4 is 19.5 Å². The lowest BCUT2D eigenvalue weighted by atomic mass is 9.87. The molecule has 1 N–H and O–H groups in total. The van der Waals surface area contributed by atoms with Gasteiger partial charge in [-0.05, 0) is 54.2 Å². The third-order valence-corrected chi connectivity index (χ3v) is 4.82. The van der Waals surface area contributed by atoms with Crippen LogP contribution in [0.5, 0.6) is 17.2 Å². The molecule has 0 aliphatic heterocycles. The lowest BCUT2D eigenvalue weighted by Crippen LogP contribution is -2.33. The monoisotopic (exact) mass is 385 g/mol. The Kier molecular flexibility index (Phi) is 8.18. The first-order valence-corrected chi connectivity index (χ1v) is 9.62. The fourth-order valence-electron chi connectivity index (χ4n) is 3.29. The highest BCUT2D eigenvalue weighted by Crippen LogP contribution is 2.33. The summed E-state index contributed by atoms with van der Waals surface area (Å²) in [6.07, 6.45) is 1.79. The average molecular weight is 386 g/mol. The molecule has 1 atom stereocenters. The summed E-state index contributed by atoms with van der Waals surface area (Å²) in [5, 5.41) is 3.09. The molecule has 0 aliphatic rings. The molecule has 0 fully saturated rings. The van der Waals surface area contributed by atoms with Gasteiger partial charge in [-0.3, -0.25) is 4.79 Å². The Balaban J connectivity index is 1.95. The average Bonchev–Trinajstić information content (AvgIpc) is 2.71. The fraction of sp³-hybridized carbons (Fsp3) is 0.435. The highest BCUT2D eigenvalue weighted by Gasteiger charge is 2.25. The fourth-order valence-corrected chi connectivity index (χ4v) is 3.29. The molecule has 1 unspecified atom stereocenters. The first-order chi connectivity index (χ1) is 13.5. The lowest BCUT2D eigenvalue weighted by molar-refractivity contribution is -0.123. The standard InChI is InChI=1S/C23H31NO4/c1-16(2)22(18-10-13-20(27-4)21(15-18)28-5)23(25)24-14-6-7-17-8-11-19(26-3)12-9-17/h8-13,15-16,22H,6-7,14H2,1-5H3,(H,24,25). The zero-order valence-electron chi connectivity index (χ0n) is 17.5. The normalized spacial score (nSPS) is 11.8. The number of hydrogen-bond donors (Lipinski definition) is 1. The second kappa shape index (κ2) is 10.6. The Hall–Kier alpha value is -2.69. The largest absolute Gasteiger partial charge is 0.497 e. The first-order valence-electron chi connectivity index (χ1n) is 9.62. The van der Waals surface area contributed by atoms with E-state index in [0.717, 1.165) is 24.2 Å². The van der Waals surface area contributed by atoms with Gasteiger partial charge in [-0.25, -0.2) is 0 Å². The molecule has 0 aromatic heterocycles. The molecule has 2 rings (SSSR count). The minimum absolute atomic E-state index is 0.0388. The van der Waals surface area contributed by atoms with Crippen LogP contribution in [0.15, 0.2) is 42.5 Å². The summed E-state index contributed by atoms with van der Waals surface area (Å²) < 4.78 is 15.9. The molecule has 152 valence electrons. The highest BCUT2D eigenvalue weighted by molar-refractivity contribution is 5.84. The van der Waals surface area contributed by atoms with E-state index in [-0.39, 0.29) is 17.7 Å². The molecule has 28 heavy (non-hydrogen) atoms. The molecule has 0 aliphatic carbocycles. The summed E-state index contributed by atoms with van der Waals surface area (Å²) in [6.45, 7) is 4.75. The number of nitrogens with one attached hydrogen (secondary N) is 1. The number of benzene rings is 2. The van der Waals surface area contributed by atoms with Crippen molar-refractivity contribution in [3.05, 3.63) is 53.6 Å². The summed E-state index contributed by atoms with van der Waals surface area (Å²) in [5.41, 5.74) is 2.16. The van der Waals surface area contributed by atoms with Gasteiger partial charge in [0.25, 0.3) is 0 Å².